The van der Waals surface area contributed by atoms with Crippen LogP contribution in [0.1, 0.15) is 33.9 Å². The Morgan fingerprint density at radius 2 is 1.20 bits per heavy atom. The smallest absolute Gasteiger partial charge is 0.392 e. The molecule has 0 bridgehead atoms. The first-order valence-corrected chi connectivity index (χ1v) is 11.0. The zero-order valence-corrected chi connectivity index (χ0v) is 18.4. The van der Waals surface area contributed by atoms with E-state index in [1.165, 1.54) is 26.0 Å². The zero-order chi connectivity index (χ0) is 23.7. The summed E-state index contributed by atoms with van der Waals surface area (Å²) in [5, 5.41) is 8.69. The number of aryl methyl sites for hydroxylation is 2. The number of aliphatic hydroxyl groups excluding tert-OH is 1. The maximum absolute atomic E-state index is 12.1. The molecule has 0 amide bonds. The minimum atomic E-state index is -4.42. The summed E-state index contributed by atoms with van der Waals surface area (Å²) in [7, 11) is 7.36. The maximum Gasteiger partial charge on any atom is 0.433 e. The van der Waals surface area contributed by atoms with E-state index in [0.29, 0.717) is 16.8 Å². The van der Waals surface area contributed by atoms with E-state index in [2.05, 4.69) is 31.3 Å². The van der Waals surface area contributed by atoms with Crippen molar-refractivity contribution >= 4 is 42.2 Å². The van der Waals surface area contributed by atoms with Crippen LogP contribution in [0.15, 0.2) is 24.3 Å². The SMILES string of the molecule is Cc1nc(C(F)(F)F)ccc1CCl.Cc1nc(C(F)(F)F)ccc1CO.O=S(Cl)Cl. The van der Waals surface area contributed by atoms with Gasteiger partial charge in [-0.1, -0.05) is 12.1 Å². The topological polar surface area (TPSA) is 63.1 Å². The van der Waals surface area contributed by atoms with Gasteiger partial charge in [0.1, 0.15) is 11.4 Å². The molecule has 0 unspecified atom stereocenters. The molecule has 0 aromatic carbocycles. The second-order valence-electron chi connectivity index (χ2n) is 5.35. The molecule has 170 valence electrons. The van der Waals surface area contributed by atoms with Crippen LogP contribution >= 0.6 is 33.0 Å². The lowest BCUT2D eigenvalue weighted by atomic mass is 10.2. The lowest BCUT2D eigenvalue weighted by Gasteiger charge is -2.08. The summed E-state index contributed by atoms with van der Waals surface area (Å²) >= 11 is 5.48. The Hall–Kier alpha value is -1.14. The molecular formula is C16H15Cl3F6N2O2S. The number of aliphatic hydroxyl groups is 1. The first kappa shape index (κ1) is 28.9. The van der Waals surface area contributed by atoms with Crippen molar-refractivity contribution in [2.45, 2.75) is 38.7 Å². The van der Waals surface area contributed by atoms with Gasteiger partial charge in [-0.2, -0.15) is 26.3 Å². The number of hydrogen-bond acceptors (Lipinski definition) is 4. The van der Waals surface area contributed by atoms with Gasteiger partial charge in [0.2, 0.25) is 9.23 Å². The summed E-state index contributed by atoms with van der Waals surface area (Å²) in [4.78, 5) is 6.74. The van der Waals surface area contributed by atoms with Crippen LogP contribution in [-0.2, 0) is 34.1 Å². The fourth-order valence-corrected chi connectivity index (χ4v) is 2.09. The molecule has 2 rings (SSSR count). The van der Waals surface area contributed by atoms with Crippen LogP contribution in [0.25, 0.3) is 0 Å². The third kappa shape index (κ3) is 10.8. The van der Waals surface area contributed by atoms with Crippen molar-refractivity contribution < 1.29 is 35.7 Å². The molecule has 2 aromatic heterocycles. The molecule has 2 heterocycles. The van der Waals surface area contributed by atoms with Crippen molar-refractivity contribution in [2.24, 2.45) is 0 Å². The number of nitrogens with zero attached hydrogens (tertiary/aromatic N) is 2. The number of alkyl halides is 7. The van der Waals surface area contributed by atoms with Crippen LogP contribution in [-0.4, -0.2) is 19.3 Å². The quantitative estimate of drug-likeness (QED) is 0.296. The third-order valence-electron chi connectivity index (χ3n) is 3.29. The molecule has 1 N–H and O–H groups in total. The van der Waals surface area contributed by atoms with Crippen LogP contribution in [0.5, 0.6) is 0 Å². The predicted molar refractivity (Wildman–Crippen MR) is 103 cm³/mol. The molecule has 0 saturated heterocycles. The van der Waals surface area contributed by atoms with Crippen LogP contribution in [0.4, 0.5) is 26.3 Å². The lowest BCUT2D eigenvalue weighted by Crippen LogP contribution is -2.09. The van der Waals surface area contributed by atoms with Crippen LogP contribution in [0.2, 0.25) is 0 Å². The van der Waals surface area contributed by atoms with E-state index < -0.39 is 33.0 Å². The van der Waals surface area contributed by atoms with Gasteiger partial charge in [-0.3, -0.25) is 0 Å². The molecule has 2 aromatic rings. The minimum absolute atomic E-state index is 0.178. The lowest BCUT2D eigenvalue weighted by molar-refractivity contribution is -0.142. The summed E-state index contributed by atoms with van der Waals surface area (Å²) in [5.74, 6) is 0.178. The Labute approximate surface area is 184 Å². The monoisotopic (exact) mass is 518 g/mol. The fraction of sp³-hybridized carbons (Fsp3) is 0.375. The molecule has 0 aliphatic carbocycles. The van der Waals surface area contributed by atoms with E-state index in [0.717, 1.165) is 12.1 Å². The summed E-state index contributed by atoms with van der Waals surface area (Å²) in [6, 6.07) is 4.37. The van der Waals surface area contributed by atoms with Gasteiger partial charge in [0, 0.05) is 38.6 Å². The molecule has 30 heavy (non-hydrogen) atoms. The van der Waals surface area contributed by atoms with E-state index in [1.807, 2.05) is 0 Å². The summed E-state index contributed by atoms with van der Waals surface area (Å²) in [6.45, 7) is 2.64. The highest BCUT2D eigenvalue weighted by molar-refractivity contribution is 8.26. The van der Waals surface area contributed by atoms with Gasteiger partial charge < -0.3 is 5.11 Å². The van der Waals surface area contributed by atoms with Crippen molar-refractivity contribution in [3.8, 4) is 0 Å². The standard InChI is InChI=1S/C8H7ClF3N.C8H8F3NO.Cl2OS/c1-5-6(4-9)2-3-7(13-5)8(10,11)12;1-5-6(4-13)2-3-7(12-5)8(9,10)11;1-4(2)3/h2-3H,4H2,1H3;2-3,13H,4H2,1H3;. The van der Waals surface area contributed by atoms with Crippen LogP contribution < -0.4 is 0 Å². The van der Waals surface area contributed by atoms with Crippen molar-refractivity contribution in [3.63, 3.8) is 0 Å². The highest BCUT2D eigenvalue weighted by atomic mass is 36.0. The second-order valence-corrected chi connectivity index (χ2v) is 8.15. The molecule has 0 aliphatic heterocycles. The van der Waals surface area contributed by atoms with Crippen molar-refractivity contribution in [1.82, 2.24) is 9.97 Å². The molecule has 0 saturated carbocycles. The second kappa shape index (κ2) is 12.7. The summed E-state index contributed by atoms with van der Waals surface area (Å²) in [5.41, 5.74) is -0.245. The van der Waals surface area contributed by atoms with E-state index in [-0.39, 0.29) is 18.2 Å². The van der Waals surface area contributed by atoms with Crippen LogP contribution in [0, 0.1) is 13.8 Å². The average Bonchev–Trinajstić information content (AvgIpc) is 2.60. The van der Waals surface area contributed by atoms with Gasteiger partial charge in [-0.15, -0.1) is 11.6 Å². The van der Waals surface area contributed by atoms with Crippen molar-refractivity contribution in [1.29, 1.82) is 0 Å². The molecule has 0 radical (unpaired) electrons. The first-order valence-electron chi connectivity index (χ1n) is 7.62. The fourth-order valence-electron chi connectivity index (χ4n) is 1.80. The largest absolute Gasteiger partial charge is 0.433 e. The molecule has 0 aliphatic rings. The van der Waals surface area contributed by atoms with Crippen molar-refractivity contribution in [2.75, 3.05) is 0 Å². The van der Waals surface area contributed by atoms with Gasteiger partial charge >= 0.3 is 12.4 Å². The number of rotatable bonds is 2. The Morgan fingerprint density at radius 3 is 1.43 bits per heavy atom. The number of pyridine rings is 2. The molecule has 0 fully saturated rings. The highest BCUT2D eigenvalue weighted by Gasteiger charge is 2.33. The Balaban J connectivity index is 0.000000477. The summed E-state index contributed by atoms with van der Waals surface area (Å²) < 4.78 is 81.6. The highest BCUT2D eigenvalue weighted by Crippen LogP contribution is 2.29. The number of aromatic nitrogens is 2. The third-order valence-corrected chi connectivity index (χ3v) is 3.57. The van der Waals surface area contributed by atoms with Gasteiger partial charge in [0.25, 0.3) is 0 Å². The summed E-state index contributed by atoms with van der Waals surface area (Å²) in [6.07, 6.45) is -8.80. The number of halogens is 9. The van der Waals surface area contributed by atoms with Crippen molar-refractivity contribution in [3.05, 3.63) is 58.2 Å². The average molecular weight is 520 g/mol. The van der Waals surface area contributed by atoms with Gasteiger partial charge in [0.05, 0.1) is 6.61 Å². The Kier molecular flexibility index (Phi) is 12.2. The normalized spacial score (nSPS) is 11.4. The molecule has 4 nitrogen and oxygen atoms in total. The van der Waals surface area contributed by atoms with E-state index in [4.69, 9.17) is 20.9 Å². The molecule has 0 spiro atoms. The number of hydrogen-bond donors (Lipinski definition) is 1. The van der Waals surface area contributed by atoms with E-state index in [1.54, 1.807) is 0 Å². The Morgan fingerprint density at radius 1 is 0.867 bits per heavy atom. The van der Waals surface area contributed by atoms with E-state index >= 15 is 0 Å². The predicted octanol–water partition coefficient (Wildman–Crippen LogP) is 6.09. The molecule has 14 heteroatoms. The minimum Gasteiger partial charge on any atom is -0.392 e. The van der Waals surface area contributed by atoms with Crippen LogP contribution in [0.3, 0.4) is 0 Å². The Bertz CT molecular complexity index is 783. The van der Waals surface area contributed by atoms with E-state index in [9.17, 15) is 26.3 Å². The van der Waals surface area contributed by atoms with Gasteiger partial charge in [0.15, 0.2) is 0 Å². The molecular weight excluding hydrogens is 505 g/mol. The zero-order valence-electron chi connectivity index (χ0n) is 15.3. The van der Waals surface area contributed by atoms with Gasteiger partial charge in [-0.25, -0.2) is 14.2 Å². The molecule has 0 atom stereocenters. The first-order chi connectivity index (χ1) is 13.6. The van der Waals surface area contributed by atoms with Gasteiger partial charge in [-0.05, 0) is 37.1 Å². The maximum atomic E-state index is 12.1.